The van der Waals surface area contributed by atoms with Crippen molar-refractivity contribution in [2.75, 3.05) is 26.7 Å². The van der Waals surface area contributed by atoms with E-state index >= 15 is 0 Å². The lowest BCUT2D eigenvalue weighted by Crippen LogP contribution is -2.44. The van der Waals surface area contributed by atoms with Crippen molar-refractivity contribution in [1.29, 1.82) is 0 Å². The Bertz CT molecular complexity index is 227. The highest BCUT2D eigenvalue weighted by Crippen LogP contribution is 1.98. The van der Waals surface area contributed by atoms with Crippen LogP contribution in [-0.2, 0) is 9.59 Å². The number of carboxylic acids is 1. The number of rotatable bonds is 6. The van der Waals surface area contributed by atoms with E-state index in [9.17, 15) is 9.59 Å². The van der Waals surface area contributed by atoms with E-state index in [2.05, 4.69) is 0 Å². The lowest BCUT2D eigenvalue weighted by molar-refractivity contribution is -0.143. The van der Waals surface area contributed by atoms with Crippen LogP contribution in [0.25, 0.3) is 0 Å². The second-order valence-electron chi connectivity index (χ2n) is 3.50. The van der Waals surface area contributed by atoms with Crippen molar-refractivity contribution >= 4 is 11.9 Å². The summed E-state index contributed by atoms with van der Waals surface area (Å²) in [6, 6.07) is -0.635. The number of carbonyl (C=O) groups excluding carboxylic acids is 1. The molecule has 1 unspecified atom stereocenters. The van der Waals surface area contributed by atoms with Crippen molar-refractivity contribution in [3.63, 3.8) is 0 Å². The maximum absolute atomic E-state index is 11.6. The van der Waals surface area contributed by atoms with Crippen LogP contribution in [-0.4, -0.2) is 59.5 Å². The number of aliphatic carboxylic acids is 1. The molecule has 0 aliphatic rings. The fourth-order valence-electron chi connectivity index (χ4n) is 1.22. The average Bonchev–Trinajstić information content (AvgIpc) is 2.18. The molecule has 0 spiro atoms. The average molecular weight is 216 g/mol. The minimum Gasteiger partial charge on any atom is -0.480 e. The summed E-state index contributed by atoms with van der Waals surface area (Å²) in [5.41, 5.74) is 0. The summed E-state index contributed by atoms with van der Waals surface area (Å²) in [4.78, 5) is 25.5. The van der Waals surface area contributed by atoms with Gasteiger partial charge in [-0.2, -0.15) is 0 Å². The summed E-state index contributed by atoms with van der Waals surface area (Å²) in [7, 11) is 1.64. The van der Waals surface area contributed by atoms with Crippen molar-refractivity contribution in [2.45, 2.75) is 26.8 Å². The Morgan fingerprint density at radius 1 is 1.27 bits per heavy atom. The Labute approximate surface area is 90.7 Å². The molecule has 5 heteroatoms. The first-order valence-electron chi connectivity index (χ1n) is 5.14. The third kappa shape index (κ3) is 4.29. The van der Waals surface area contributed by atoms with Crippen molar-refractivity contribution in [2.24, 2.45) is 0 Å². The van der Waals surface area contributed by atoms with Gasteiger partial charge in [0.1, 0.15) is 6.04 Å². The first kappa shape index (κ1) is 13.9. The van der Waals surface area contributed by atoms with Gasteiger partial charge in [-0.05, 0) is 27.8 Å². The second-order valence-corrected chi connectivity index (χ2v) is 3.50. The van der Waals surface area contributed by atoms with Crippen molar-refractivity contribution in [3.05, 3.63) is 0 Å². The third-order valence-electron chi connectivity index (χ3n) is 2.52. The van der Waals surface area contributed by atoms with E-state index in [-0.39, 0.29) is 12.5 Å². The Morgan fingerprint density at radius 3 is 2.07 bits per heavy atom. The summed E-state index contributed by atoms with van der Waals surface area (Å²) in [6.45, 7) is 6.84. The van der Waals surface area contributed by atoms with Gasteiger partial charge in [-0.25, -0.2) is 0 Å². The first-order chi connectivity index (χ1) is 6.93. The van der Waals surface area contributed by atoms with Gasteiger partial charge >= 0.3 is 5.97 Å². The highest BCUT2D eigenvalue weighted by atomic mass is 16.4. The molecule has 1 N–H and O–H groups in total. The standard InChI is InChI=1S/C10H20N2O3/c1-5-12(6-2)9(13)7-11(4)8(3)10(14)15/h8H,5-7H2,1-4H3,(H,14,15). The van der Waals surface area contributed by atoms with E-state index in [1.54, 1.807) is 18.9 Å². The quantitative estimate of drug-likeness (QED) is 0.692. The van der Waals surface area contributed by atoms with Crippen LogP contribution in [0.15, 0.2) is 0 Å². The maximum Gasteiger partial charge on any atom is 0.320 e. The summed E-state index contributed by atoms with van der Waals surface area (Å²) >= 11 is 0. The van der Waals surface area contributed by atoms with Gasteiger partial charge in [-0.1, -0.05) is 0 Å². The molecule has 88 valence electrons. The SMILES string of the molecule is CCN(CC)C(=O)CN(C)C(C)C(=O)O. The molecule has 0 aromatic carbocycles. The van der Waals surface area contributed by atoms with Gasteiger partial charge in [0.15, 0.2) is 0 Å². The zero-order valence-electron chi connectivity index (χ0n) is 9.86. The zero-order chi connectivity index (χ0) is 12.0. The first-order valence-corrected chi connectivity index (χ1v) is 5.14. The number of carboxylic acid groups (broad SMARTS) is 1. The molecule has 0 rings (SSSR count). The fourth-order valence-corrected chi connectivity index (χ4v) is 1.22. The van der Waals surface area contributed by atoms with Gasteiger partial charge in [0.25, 0.3) is 0 Å². The normalized spacial score (nSPS) is 12.6. The molecule has 0 aliphatic carbocycles. The van der Waals surface area contributed by atoms with E-state index in [0.717, 1.165) is 0 Å². The van der Waals surface area contributed by atoms with Gasteiger partial charge < -0.3 is 10.0 Å². The van der Waals surface area contributed by atoms with E-state index in [4.69, 9.17) is 5.11 Å². The second kappa shape index (κ2) is 6.40. The Kier molecular flexibility index (Phi) is 5.93. The summed E-state index contributed by atoms with van der Waals surface area (Å²) in [5.74, 6) is -0.944. The van der Waals surface area contributed by atoms with Crippen molar-refractivity contribution < 1.29 is 14.7 Å². The minimum atomic E-state index is -0.912. The summed E-state index contributed by atoms with van der Waals surface area (Å²) in [6.07, 6.45) is 0. The topological polar surface area (TPSA) is 60.9 Å². The molecular formula is C10H20N2O3. The number of nitrogens with zero attached hydrogens (tertiary/aromatic N) is 2. The van der Waals surface area contributed by atoms with E-state index in [1.807, 2.05) is 13.8 Å². The number of hydrogen-bond acceptors (Lipinski definition) is 3. The monoisotopic (exact) mass is 216 g/mol. The lowest BCUT2D eigenvalue weighted by atomic mass is 10.3. The minimum absolute atomic E-state index is 0.0319. The fraction of sp³-hybridized carbons (Fsp3) is 0.800. The largest absolute Gasteiger partial charge is 0.480 e. The van der Waals surface area contributed by atoms with Gasteiger partial charge in [0, 0.05) is 13.1 Å². The molecule has 15 heavy (non-hydrogen) atoms. The molecular weight excluding hydrogens is 196 g/mol. The summed E-state index contributed by atoms with van der Waals surface area (Å²) < 4.78 is 0. The number of amides is 1. The van der Waals surface area contributed by atoms with Crippen molar-refractivity contribution in [3.8, 4) is 0 Å². The number of likely N-dealkylation sites (N-methyl/N-ethyl adjacent to an activating group) is 2. The van der Waals surface area contributed by atoms with Crippen molar-refractivity contribution in [1.82, 2.24) is 9.80 Å². The predicted molar refractivity (Wildman–Crippen MR) is 57.7 cm³/mol. The van der Waals surface area contributed by atoms with Crippen LogP contribution in [0.5, 0.6) is 0 Å². The van der Waals surface area contributed by atoms with E-state index < -0.39 is 12.0 Å². The van der Waals surface area contributed by atoms with Crippen LogP contribution >= 0.6 is 0 Å². The molecule has 1 amide bonds. The Hall–Kier alpha value is -1.10. The highest BCUT2D eigenvalue weighted by Gasteiger charge is 2.20. The Balaban J connectivity index is 4.22. The third-order valence-corrected chi connectivity index (χ3v) is 2.52. The van der Waals surface area contributed by atoms with Crippen LogP contribution in [0.3, 0.4) is 0 Å². The molecule has 1 atom stereocenters. The molecule has 5 nitrogen and oxygen atoms in total. The molecule has 0 saturated carbocycles. The predicted octanol–water partition coefficient (Wildman–Crippen LogP) is 0.260. The van der Waals surface area contributed by atoms with Crippen LogP contribution in [0.2, 0.25) is 0 Å². The van der Waals surface area contributed by atoms with Gasteiger partial charge in [0.05, 0.1) is 6.54 Å². The van der Waals surface area contributed by atoms with Crippen LogP contribution in [0, 0.1) is 0 Å². The molecule has 0 saturated heterocycles. The number of carbonyl (C=O) groups is 2. The number of hydrogen-bond donors (Lipinski definition) is 1. The van der Waals surface area contributed by atoms with Crippen LogP contribution in [0.1, 0.15) is 20.8 Å². The molecule has 0 fully saturated rings. The van der Waals surface area contributed by atoms with Gasteiger partial charge in [0.2, 0.25) is 5.91 Å². The van der Waals surface area contributed by atoms with E-state index in [1.165, 1.54) is 4.90 Å². The molecule has 0 aromatic rings. The van der Waals surface area contributed by atoms with Crippen LogP contribution < -0.4 is 0 Å². The summed E-state index contributed by atoms with van der Waals surface area (Å²) in [5, 5.41) is 8.75. The molecule has 0 heterocycles. The van der Waals surface area contributed by atoms with Gasteiger partial charge in [-0.15, -0.1) is 0 Å². The van der Waals surface area contributed by atoms with Gasteiger partial charge in [-0.3, -0.25) is 14.5 Å². The molecule has 0 aliphatic heterocycles. The molecule has 0 bridgehead atoms. The highest BCUT2D eigenvalue weighted by molar-refractivity contribution is 5.79. The Morgan fingerprint density at radius 2 is 1.73 bits per heavy atom. The van der Waals surface area contributed by atoms with E-state index in [0.29, 0.717) is 13.1 Å². The lowest BCUT2D eigenvalue weighted by Gasteiger charge is -2.25. The maximum atomic E-state index is 11.6. The molecule has 0 radical (unpaired) electrons. The smallest absolute Gasteiger partial charge is 0.320 e. The van der Waals surface area contributed by atoms with Crippen LogP contribution in [0.4, 0.5) is 0 Å². The molecule has 0 aromatic heterocycles. The zero-order valence-corrected chi connectivity index (χ0v) is 9.86.